The number of ether oxygens (including phenoxy) is 2. The first kappa shape index (κ1) is 26.7. The summed E-state index contributed by atoms with van der Waals surface area (Å²) < 4.78 is 12.5. The van der Waals surface area contributed by atoms with E-state index in [2.05, 4.69) is 21.2 Å². The van der Waals surface area contributed by atoms with Crippen LogP contribution in [0.15, 0.2) is 64.6 Å². The Hall–Kier alpha value is -3.33. The molecular formula is C27H21BrCl2N2O5. The normalized spacial score (nSPS) is 14.7. The van der Waals surface area contributed by atoms with Gasteiger partial charge in [0.2, 0.25) is 0 Å². The highest BCUT2D eigenvalue weighted by Crippen LogP contribution is 2.32. The Balaban J connectivity index is 1.61. The van der Waals surface area contributed by atoms with E-state index in [0.29, 0.717) is 39.4 Å². The molecule has 0 saturated carbocycles. The molecule has 1 heterocycles. The predicted molar refractivity (Wildman–Crippen MR) is 146 cm³/mol. The molecule has 0 aliphatic carbocycles. The number of carbonyl (C=O) groups is 3. The number of nitrogens with one attached hydrogen (secondary N) is 1. The standard InChI is InChI=1S/C27H21BrCl2N2O5/c1-3-36-24-13-16(5-9-23(24)37-14-17-4-8-21(29)22(30)12-17)11-19-25(33)31-27(35)32(26(19)34)18-6-7-20(28)15(2)10-18/h4-13H,3,14H2,1-2H3,(H,31,33,35)/b19-11+. The Morgan fingerprint density at radius 3 is 2.43 bits per heavy atom. The summed E-state index contributed by atoms with van der Waals surface area (Å²) in [5.74, 6) is -0.611. The summed E-state index contributed by atoms with van der Waals surface area (Å²) in [6.45, 7) is 4.26. The molecule has 37 heavy (non-hydrogen) atoms. The monoisotopic (exact) mass is 602 g/mol. The molecular weight excluding hydrogens is 583 g/mol. The molecule has 10 heteroatoms. The number of amides is 4. The molecule has 0 aromatic heterocycles. The van der Waals surface area contributed by atoms with Crippen LogP contribution in [0.4, 0.5) is 10.5 Å². The fourth-order valence-corrected chi connectivity index (χ4v) is 4.19. The molecule has 190 valence electrons. The number of barbiturate groups is 1. The van der Waals surface area contributed by atoms with Gasteiger partial charge in [0.1, 0.15) is 12.2 Å². The lowest BCUT2D eigenvalue weighted by Crippen LogP contribution is -2.54. The molecule has 1 aliphatic heterocycles. The van der Waals surface area contributed by atoms with Crippen LogP contribution in [-0.4, -0.2) is 24.5 Å². The second kappa shape index (κ2) is 11.4. The number of carbonyl (C=O) groups excluding carboxylic acids is 3. The lowest BCUT2D eigenvalue weighted by Gasteiger charge is -2.26. The quantitative estimate of drug-likeness (QED) is 0.240. The predicted octanol–water partition coefficient (Wildman–Crippen LogP) is 6.71. The zero-order valence-corrected chi connectivity index (χ0v) is 22.9. The van der Waals surface area contributed by atoms with E-state index in [1.807, 2.05) is 13.8 Å². The van der Waals surface area contributed by atoms with Crippen molar-refractivity contribution in [2.24, 2.45) is 0 Å². The number of benzene rings is 3. The van der Waals surface area contributed by atoms with Crippen molar-refractivity contribution in [1.29, 1.82) is 0 Å². The van der Waals surface area contributed by atoms with E-state index in [9.17, 15) is 14.4 Å². The fourth-order valence-electron chi connectivity index (χ4n) is 3.62. The van der Waals surface area contributed by atoms with Gasteiger partial charge in [0.25, 0.3) is 11.8 Å². The molecule has 0 unspecified atom stereocenters. The van der Waals surface area contributed by atoms with Gasteiger partial charge in [0, 0.05) is 4.47 Å². The van der Waals surface area contributed by atoms with E-state index >= 15 is 0 Å². The lowest BCUT2D eigenvalue weighted by atomic mass is 10.1. The summed E-state index contributed by atoms with van der Waals surface area (Å²) in [7, 11) is 0. The van der Waals surface area contributed by atoms with Gasteiger partial charge in [-0.3, -0.25) is 14.9 Å². The lowest BCUT2D eigenvalue weighted by molar-refractivity contribution is -0.122. The smallest absolute Gasteiger partial charge is 0.335 e. The summed E-state index contributed by atoms with van der Waals surface area (Å²) in [5.41, 5.74) is 2.33. The van der Waals surface area contributed by atoms with E-state index in [-0.39, 0.29) is 12.2 Å². The van der Waals surface area contributed by atoms with Crippen LogP contribution in [0.25, 0.3) is 6.08 Å². The number of aryl methyl sites for hydroxylation is 1. The first-order valence-electron chi connectivity index (χ1n) is 11.2. The van der Waals surface area contributed by atoms with Gasteiger partial charge >= 0.3 is 6.03 Å². The number of urea groups is 1. The molecule has 0 atom stereocenters. The van der Waals surface area contributed by atoms with E-state index < -0.39 is 17.8 Å². The van der Waals surface area contributed by atoms with Crippen LogP contribution in [0.3, 0.4) is 0 Å². The summed E-state index contributed by atoms with van der Waals surface area (Å²) >= 11 is 15.5. The van der Waals surface area contributed by atoms with Gasteiger partial charge in [0.05, 0.1) is 22.3 Å². The van der Waals surface area contributed by atoms with Crippen LogP contribution in [0.2, 0.25) is 10.0 Å². The van der Waals surface area contributed by atoms with Crippen molar-refractivity contribution in [2.75, 3.05) is 11.5 Å². The molecule has 1 fully saturated rings. The molecule has 3 aromatic carbocycles. The number of nitrogens with zero attached hydrogens (tertiary/aromatic N) is 1. The first-order valence-corrected chi connectivity index (χ1v) is 12.7. The van der Waals surface area contributed by atoms with Crippen LogP contribution < -0.4 is 19.7 Å². The Morgan fingerprint density at radius 1 is 0.946 bits per heavy atom. The van der Waals surface area contributed by atoms with E-state index in [1.54, 1.807) is 54.6 Å². The number of imide groups is 2. The van der Waals surface area contributed by atoms with Crippen molar-refractivity contribution in [1.82, 2.24) is 5.32 Å². The number of halogens is 3. The van der Waals surface area contributed by atoms with Gasteiger partial charge in [-0.25, -0.2) is 9.69 Å². The van der Waals surface area contributed by atoms with Gasteiger partial charge in [0.15, 0.2) is 11.5 Å². The van der Waals surface area contributed by atoms with Gasteiger partial charge in [-0.2, -0.15) is 0 Å². The topological polar surface area (TPSA) is 84.9 Å². The SMILES string of the molecule is CCOc1cc(/C=C2\C(=O)NC(=O)N(c3ccc(Br)c(C)c3)C2=O)ccc1OCc1ccc(Cl)c(Cl)c1. The Bertz CT molecular complexity index is 1440. The largest absolute Gasteiger partial charge is 0.490 e. The van der Waals surface area contributed by atoms with E-state index in [1.165, 1.54) is 6.08 Å². The summed E-state index contributed by atoms with van der Waals surface area (Å²) in [5, 5.41) is 3.11. The second-order valence-corrected chi connectivity index (χ2v) is 9.74. The highest BCUT2D eigenvalue weighted by atomic mass is 79.9. The molecule has 1 N–H and O–H groups in total. The molecule has 4 amide bonds. The average Bonchev–Trinajstić information content (AvgIpc) is 2.85. The maximum atomic E-state index is 13.2. The molecule has 7 nitrogen and oxygen atoms in total. The van der Waals surface area contributed by atoms with Crippen LogP contribution in [-0.2, 0) is 16.2 Å². The van der Waals surface area contributed by atoms with Crippen molar-refractivity contribution in [3.8, 4) is 11.5 Å². The minimum atomic E-state index is -0.810. The third-order valence-corrected chi connectivity index (χ3v) is 7.09. The summed E-state index contributed by atoms with van der Waals surface area (Å²) in [4.78, 5) is 39.2. The van der Waals surface area contributed by atoms with Crippen molar-refractivity contribution in [3.63, 3.8) is 0 Å². The minimum Gasteiger partial charge on any atom is -0.490 e. The number of rotatable bonds is 7. The van der Waals surface area contributed by atoms with Gasteiger partial charge < -0.3 is 9.47 Å². The molecule has 4 rings (SSSR count). The molecule has 3 aromatic rings. The zero-order valence-electron chi connectivity index (χ0n) is 19.8. The van der Waals surface area contributed by atoms with E-state index in [4.69, 9.17) is 32.7 Å². The van der Waals surface area contributed by atoms with Crippen molar-refractivity contribution < 1.29 is 23.9 Å². The van der Waals surface area contributed by atoms with Crippen molar-refractivity contribution in [2.45, 2.75) is 20.5 Å². The van der Waals surface area contributed by atoms with Crippen LogP contribution in [0.1, 0.15) is 23.6 Å². The molecule has 0 radical (unpaired) electrons. The van der Waals surface area contributed by atoms with Gasteiger partial charge in [-0.05, 0) is 79.1 Å². The second-order valence-electron chi connectivity index (χ2n) is 8.07. The summed E-state index contributed by atoms with van der Waals surface area (Å²) in [6, 6.07) is 14.5. The van der Waals surface area contributed by atoms with Crippen LogP contribution >= 0.6 is 39.1 Å². The van der Waals surface area contributed by atoms with Crippen molar-refractivity contribution >= 4 is 68.7 Å². The van der Waals surface area contributed by atoms with Crippen molar-refractivity contribution in [3.05, 3.63) is 91.4 Å². The molecule has 0 spiro atoms. The zero-order chi connectivity index (χ0) is 26.7. The molecule has 1 saturated heterocycles. The minimum absolute atomic E-state index is 0.188. The molecule has 0 bridgehead atoms. The Labute approximate surface area is 232 Å². The number of hydrogen-bond acceptors (Lipinski definition) is 5. The van der Waals surface area contributed by atoms with Crippen LogP contribution in [0, 0.1) is 6.92 Å². The van der Waals surface area contributed by atoms with Crippen LogP contribution in [0.5, 0.6) is 11.5 Å². The highest BCUT2D eigenvalue weighted by Gasteiger charge is 2.37. The Morgan fingerprint density at radius 2 is 1.73 bits per heavy atom. The maximum Gasteiger partial charge on any atom is 0.335 e. The number of anilines is 1. The first-order chi connectivity index (χ1) is 17.7. The average molecular weight is 604 g/mol. The maximum absolute atomic E-state index is 13.2. The number of hydrogen-bond donors (Lipinski definition) is 1. The third-order valence-electron chi connectivity index (χ3n) is 5.46. The summed E-state index contributed by atoms with van der Waals surface area (Å²) in [6.07, 6.45) is 1.41. The third kappa shape index (κ3) is 5.98. The van der Waals surface area contributed by atoms with E-state index in [0.717, 1.165) is 20.5 Å². The fraction of sp³-hybridized carbons (Fsp3) is 0.148. The molecule has 1 aliphatic rings. The Kier molecular flexibility index (Phi) is 8.22. The van der Waals surface area contributed by atoms with Gasteiger partial charge in [-0.15, -0.1) is 0 Å². The van der Waals surface area contributed by atoms with Gasteiger partial charge in [-0.1, -0.05) is 51.3 Å². The highest BCUT2D eigenvalue weighted by molar-refractivity contribution is 9.10.